The molecule has 7 nitrogen and oxygen atoms in total. The summed E-state index contributed by atoms with van der Waals surface area (Å²) in [5.74, 6) is 0.881. The average molecular weight is 417 g/mol. The highest BCUT2D eigenvalue weighted by molar-refractivity contribution is 7.98. The number of aromatic amines is 1. The maximum absolute atomic E-state index is 12.3. The van der Waals surface area contributed by atoms with Gasteiger partial charge < -0.3 is 9.88 Å². The van der Waals surface area contributed by atoms with Crippen molar-refractivity contribution in [3.63, 3.8) is 0 Å². The van der Waals surface area contributed by atoms with Crippen molar-refractivity contribution in [1.29, 1.82) is 0 Å². The number of rotatable bonds is 8. The largest absolute Gasteiger partial charge is 0.351 e. The van der Waals surface area contributed by atoms with Gasteiger partial charge in [0.15, 0.2) is 10.9 Å². The smallest absolute Gasteiger partial charge is 0.271 e. The van der Waals surface area contributed by atoms with Crippen LogP contribution in [0.3, 0.4) is 0 Å². The molecule has 0 bridgehead atoms. The molecule has 0 aromatic carbocycles. The van der Waals surface area contributed by atoms with Crippen LogP contribution in [0.1, 0.15) is 54.5 Å². The maximum atomic E-state index is 12.3. The fourth-order valence-electron chi connectivity index (χ4n) is 3.68. The van der Waals surface area contributed by atoms with Gasteiger partial charge in [-0.05, 0) is 43.0 Å². The van der Waals surface area contributed by atoms with E-state index < -0.39 is 0 Å². The van der Waals surface area contributed by atoms with Crippen molar-refractivity contribution in [3.8, 4) is 10.6 Å². The second kappa shape index (κ2) is 8.91. The summed E-state index contributed by atoms with van der Waals surface area (Å²) in [6.07, 6.45) is 8.67. The number of nitrogens with zero attached hydrogens (tertiary/aromatic N) is 4. The predicted octanol–water partition coefficient (Wildman–Crippen LogP) is 3.93. The first-order valence-electron chi connectivity index (χ1n) is 9.61. The van der Waals surface area contributed by atoms with Gasteiger partial charge in [0.05, 0.1) is 10.6 Å². The summed E-state index contributed by atoms with van der Waals surface area (Å²) >= 11 is 3.27. The second-order valence-electron chi connectivity index (χ2n) is 6.91. The number of thioether (sulfide) groups is 1. The van der Waals surface area contributed by atoms with Crippen LogP contribution in [0.4, 0.5) is 0 Å². The van der Waals surface area contributed by atoms with Crippen molar-refractivity contribution in [1.82, 2.24) is 30.3 Å². The number of H-pyrrole nitrogens is 1. The quantitative estimate of drug-likeness (QED) is 0.429. The lowest BCUT2D eigenvalue weighted by molar-refractivity contribution is 0.0948. The Morgan fingerprint density at radius 1 is 1.39 bits per heavy atom. The molecule has 4 rings (SSSR count). The van der Waals surface area contributed by atoms with E-state index in [0.717, 1.165) is 34.4 Å². The lowest BCUT2D eigenvalue weighted by Crippen LogP contribution is -2.25. The minimum Gasteiger partial charge on any atom is -0.351 e. The van der Waals surface area contributed by atoms with Crippen molar-refractivity contribution in [2.24, 2.45) is 0 Å². The summed E-state index contributed by atoms with van der Waals surface area (Å²) in [4.78, 5) is 13.4. The summed E-state index contributed by atoms with van der Waals surface area (Å²) in [5, 5.41) is 21.8. The van der Waals surface area contributed by atoms with E-state index in [1.54, 1.807) is 29.2 Å². The monoisotopic (exact) mass is 416 g/mol. The van der Waals surface area contributed by atoms with Crippen LogP contribution in [0, 0.1) is 0 Å². The molecule has 0 radical (unpaired) electrons. The van der Waals surface area contributed by atoms with Gasteiger partial charge in [-0.25, -0.2) is 0 Å². The van der Waals surface area contributed by atoms with Crippen LogP contribution < -0.4 is 5.32 Å². The Balaban J connectivity index is 1.30. The van der Waals surface area contributed by atoms with E-state index in [2.05, 4.69) is 30.3 Å². The second-order valence-corrected chi connectivity index (χ2v) is 8.64. The van der Waals surface area contributed by atoms with Gasteiger partial charge in [0, 0.05) is 19.0 Å². The third kappa shape index (κ3) is 4.15. The molecule has 1 amide bonds. The van der Waals surface area contributed by atoms with Crippen molar-refractivity contribution < 1.29 is 4.79 Å². The zero-order valence-corrected chi connectivity index (χ0v) is 17.5. The van der Waals surface area contributed by atoms with Crippen molar-refractivity contribution in [2.75, 3.05) is 12.8 Å². The number of nitrogens with one attached hydrogen (secondary N) is 2. The van der Waals surface area contributed by atoms with Crippen LogP contribution in [-0.4, -0.2) is 43.7 Å². The fraction of sp³-hybridized carbons (Fsp3) is 0.474. The highest BCUT2D eigenvalue weighted by atomic mass is 32.2. The molecule has 1 aliphatic carbocycles. The number of carbonyl (C=O) groups excluding carboxylic acids is 1. The highest BCUT2D eigenvalue weighted by Crippen LogP contribution is 2.33. The normalized spacial score (nSPS) is 14.6. The van der Waals surface area contributed by atoms with Crippen LogP contribution in [0.15, 0.2) is 28.7 Å². The van der Waals surface area contributed by atoms with Crippen LogP contribution >= 0.6 is 23.1 Å². The minimum atomic E-state index is -0.152. The van der Waals surface area contributed by atoms with E-state index in [4.69, 9.17) is 0 Å². The number of hydrogen-bond acceptors (Lipinski definition) is 6. The van der Waals surface area contributed by atoms with Crippen LogP contribution in [0.2, 0.25) is 0 Å². The summed E-state index contributed by atoms with van der Waals surface area (Å²) in [6, 6.07) is 6.31. The Morgan fingerprint density at radius 3 is 3.00 bits per heavy atom. The van der Waals surface area contributed by atoms with E-state index in [1.807, 2.05) is 23.8 Å². The van der Waals surface area contributed by atoms with E-state index in [-0.39, 0.29) is 5.91 Å². The highest BCUT2D eigenvalue weighted by Gasteiger charge is 2.23. The molecule has 1 aliphatic rings. The number of aryl methyl sites for hydroxylation is 1. The van der Waals surface area contributed by atoms with Gasteiger partial charge in [-0.1, -0.05) is 30.7 Å². The van der Waals surface area contributed by atoms with Gasteiger partial charge >= 0.3 is 0 Å². The molecule has 3 aromatic rings. The van der Waals surface area contributed by atoms with Gasteiger partial charge in [0.25, 0.3) is 5.91 Å². The standard InChI is InChI=1S/C19H24N6OS2/c1-27-19-24-23-17(25(19)13-6-2-3-7-13)9-4-10-20-18(26)15-12-14(21-22-15)16-8-5-11-28-16/h5,8,11-13H,2-4,6-7,9-10H2,1H3,(H,20,26)(H,21,22). The van der Waals surface area contributed by atoms with E-state index in [9.17, 15) is 4.79 Å². The molecule has 0 unspecified atom stereocenters. The Labute approximate surface area is 172 Å². The summed E-state index contributed by atoms with van der Waals surface area (Å²) in [5.41, 5.74) is 1.29. The summed E-state index contributed by atoms with van der Waals surface area (Å²) in [7, 11) is 0. The number of aromatic nitrogens is 5. The van der Waals surface area contributed by atoms with Crippen LogP contribution in [0.5, 0.6) is 0 Å². The molecular weight excluding hydrogens is 392 g/mol. The number of hydrogen-bond donors (Lipinski definition) is 2. The maximum Gasteiger partial charge on any atom is 0.271 e. The number of carbonyl (C=O) groups is 1. The van der Waals surface area contributed by atoms with E-state index >= 15 is 0 Å². The molecule has 1 saturated carbocycles. The molecule has 0 atom stereocenters. The number of thiophene rings is 1. The molecule has 1 fully saturated rings. The molecule has 28 heavy (non-hydrogen) atoms. The van der Waals surface area contributed by atoms with Gasteiger partial charge in [0.1, 0.15) is 5.82 Å². The lowest BCUT2D eigenvalue weighted by atomic mass is 10.2. The molecular formula is C19H24N6OS2. The first-order valence-corrected chi connectivity index (χ1v) is 11.7. The Morgan fingerprint density at radius 2 is 2.25 bits per heavy atom. The predicted molar refractivity (Wildman–Crippen MR) is 112 cm³/mol. The molecule has 148 valence electrons. The summed E-state index contributed by atoms with van der Waals surface area (Å²) in [6.45, 7) is 0.589. The molecule has 0 aliphatic heterocycles. The van der Waals surface area contributed by atoms with E-state index in [0.29, 0.717) is 18.3 Å². The summed E-state index contributed by atoms with van der Waals surface area (Å²) < 4.78 is 2.32. The zero-order chi connectivity index (χ0) is 19.3. The van der Waals surface area contributed by atoms with E-state index in [1.165, 1.54) is 25.7 Å². The number of amides is 1. The Kier molecular flexibility index (Phi) is 6.11. The van der Waals surface area contributed by atoms with Gasteiger partial charge in [0.2, 0.25) is 0 Å². The molecule has 3 aromatic heterocycles. The fourth-order valence-corrected chi connectivity index (χ4v) is 4.95. The van der Waals surface area contributed by atoms with Crippen molar-refractivity contribution in [3.05, 3.63) is 35.1 Å². The zero-order valence-electron chi connectivity index (χ0n) is 15.9. The molecule has 0 spiro atoms. The van der Waals surface area contributed by atoms with Gasteiger partial charge in [-0.3, -0.25) is 9.89 Å². The van der Waals surface area contributed by atoms with Gasteiger partial charge in [-0.15, -0.1) is 21.5 Å². The third-order valence-corrected chi connectivity index (χ3v) is 6.61. The molecule has 3 heterocycles. The van der Waals surface area contributed by atoms with Crippen molar-refractivity contribution in [2.45, 2.75) is 49.7 Å². The Hall–Kier alpha value is -2.13. The molecule has 2 N–H and O–H groups in total. The molecule has 0 saturated heterocycles. The third-order valence-electron chi connectivity index (χ3n) is 5.07. The SMILES string of the molecule is CSc1nnc(CCCNC(=O)c2cc(-c3cccs3)[nH]n2)n1C1CCCC1. The molecule has 9 heteroatoms. The minimum absolute atomic E-state index is 0.152. The topological polar surface area (TPSA) is 88.5 Å². The lowest BCUT2D eigenvalue weighted by Gasteiger charge is -2.16. The first kappa shape index (κ1) is 19.2. The first-order chi connectivity index (χ1) is 13.8. The van der Waals surface area contributed by atoms with Gasteiger partial charge in [-0.2, -0.15) is 5.10 Å². The average Bonchev–Trinajstić information content (AvgIpc) is 3.49. The van der Waals surface area contributed by atoms with Crippen LogP contribution in [-0.2, 0) is 6.42 Å². The van der Waals surface area contributed by atoms with Crippen LogP contribution in [0.25, 0.3) is 10.6 Å². The Bertz CT molecular complexity index is 911. The van der Waals surface area contributed by atoms with Crippen molar-refractivity contribution >= 4 is 29.0 Å².